The first-order valence-electron chi connectivity index (χ1n) is 10.8. The molecule has 17 heteroatoms. The van der Waals surface area contributed by atoms with Crippen LogP contribution in [0.5, 0.6) is 0 Å². The Morgan fingerprint density at radius 3 is 2.86 bits per heavy atom. The van der Waals surface area contributed by atoms with Gasteiger partial charge in [-0.2, -0.15) is 9.36 Å². The molecule has 1 saturated heterocycles. The third kappa shape index (κ3) is 5.62. The largest absolute Gasteiger partial charge is 0.477 e. The van der Waals surface area contributed by atoms with Crippen LogP contribution in [0.2, 0.25) is 0 Å². The Labute approximate surface area is 218 Å². The number of carboxylic acid groups (broad SMARTS) is 1. The number of fused-ring (bicyclic) bond motifs is 1. The molecule has 0 bridgehead atoms. The lowest BCUT2D eigenvalue weighted by Crippen LogP contribution is -2.71. The summed E-state index contributed by atoms with van der Waals surface area (Å²) in [5.41, 5.74) is 5.71. The van der Waals surface area contributed by atoms with Crippen LogP contribution in [0.4, 0.5) is 5.13 Å². The number of nitrogens with two attached hydrogens (primary N) is 1. The van der Waals surface area contributed by atoms with Crippen LogP contribution >= 0.6 is 23.3 Å². The average molecular weight is 551 g/mol. The summed E-state index contributed by atoms with van der Waals surface area (Å²) >= 11 is 2.22. The van der Waals surface area contributed by atoms with Gasteiger partial charge in [-0.1, -0.05) is 11.2 Å². The number of aliphatic carboxylic acids is 1. The number of amides is 2. The number of oxime groups is 1. The highest BCUT2D eigenvalue weighted by atomic mass is 32.2. The number of carbonyl (C=O) groups is 3. The number of thioether (sulfide) groups is 1. The van der Waals surface area contributed by atoms with Gasteiger partial charge in [0, 0.05) is 17.3 Å². The zero-order valence-electron chi connectivity index (χ0n) is 20.0. The molecule has 15 nitrogen and oxygen atoms in total. The van der Waals surface area contributed by atoms with Gasteiger partial charge in [-0.3, -0.25) is 14.5 Å². The SMILES string of the molecule is CON=C(C(=O)N[C@@H]1C(=O)N2C(C(=O)O)=C(C=CC[N+](C)(C)Cc3nnco3)CS[C@@H]12)c1nsc(N)n1. The van der Waals surface area contributed by atoms with Crippen molar-refractivity contribution in [2.45, 2.75) is 18.0 Å². The maximum Gasteiger partial charge on any atom is 0.352 e. The molecule has 196 valence electrons. The van der Waals surface area contributed by atoms with Crippen LogP contribution in [0.3, 0.4) is 0 Å². The molecule has 0 radical (unpaired) electrons. The first-order chi connectivity index (χ1) is 17.6. The Balaban J connectivity index is 1.46. The monoisotopic (exact) mass is 550 g/mol. The van der Waals surface area contributed by atoms with Crippen LogP contribution in [-0.2, 0) is 25.8 Å². The first kappa shape index (κ1) is 26.2. The van der Waals surface area contributed by atoms with Gasteiger partial charge in [0.05, 0.1) is 20.6 Å². The van der Waals surface area contributed by atoms with E-state index in [9.17, 15) is 19.5 Å². The van der Waals surface area contributed by atoms with Crippen molar-refractivity contribution in [2.75, 3.05) is 39.2 Å². The van der Waals surface area contributed by atoms with Crippen molar-refractivity contribution in [1.82, 2.24) is 29.8 Å². The number of nitrogens with zero attached hydrogens (tertiary/aromatic N) is 7. The molecule has 2 amide bonds. The van der Waals surface area contributed by atoms with Crippen LogP contribution in [-0.4, -0.2) is 102 Å². The third-order valence-electron chi connectivity index (χ3n) is 5.43. The van der Waals surface area contributed by atoms with Crippen molar-refractivity contribution in [3.05, 3.63) is 41.5 Å². The van der Waals surface area contributed by atoms with Gasteiger partial charge in [-0.15, -0.1) is 22.0 Å². The summed E-state index contributed by atoms with van der Waals surface area (Å²) in [7, 11) is 5.19. The molecule has 4 N–H and O–H groups in total. The molecule has 2 aliphatic heterocycles. The van der Waals surface area contributed by atoms with Crippen LogP contribution in [0.25, 0.3) is 0 Å². The fraction of sp³-hybridized carbons (Fsp3) is 0.400. The molecule has 37 heavy (non-hydrogen) atoms. The second-order valence-corrected chi connectivity index (χ2v) is 10.5. The van der Waals surface area contributed by atoms with Gasteiger partial charge >= 0.3 is 5.97 Å². The number of aromatic nitrogens is 4. The van der Waals surface area contributed by atoms with Crippen molar-refractivity contribution >= 4 is 51.9 Å². The number of nitrogens with one attached hydrogen (secondary N) is 1. The molecule has 2 aromatic heterocycles. The highest BCUT2D eigenvalue weighted by Crippen LogP contribution is 2.40. The summed E-state index contributed by atoms with van der Waals surface area (Å²) in [5.74, 6) is -1.74. The lowest BCUT2D eigenvalue weighted by Gasteiger charge is -2.49. The molecule has 0 aliphatic carbocycles. The third-order valence-corrected chi connectivity index (χ3v) is 7.27. The van der Waals surface area contributed by atoms with Crippen molar-refractivity contribution in [2.24, 2.45) is 5.16 Å². The van der Waals surface area contributed by atoms with E-state index in [1.54, 1.807) is 6.08 Å². The minimum atomic E-state index is -1.23. The molecule has 2 aromatic rings. The summed E-state index contributed by atoms with van der Waals surface area (Å²) in [6.45, 7) is 1.05. The van der Waals surface area contributed by atoms with E-state index in [1.165, 1.54) is 30.2 Å². The Morgan fingerprint density at radius 1 is 1.46 bits per heavy atom. The van der Waals surface area contributed by atoms with Crippen molar-refractivity contribution < 1.29 is 33.2 Å². The molecule has 0 unspecified atom stereocenters. The predicted molar refractivity (Wildman–Crippen MR) is 132 cm³/mol. The molecular weight excluding hydrogens is 526 g/mol. The number of nitrogen functional groups attached to an aromatic ring is 1. The van der Waals surface area contributed by atoms with E-state index < -0.39 is 29.2 Å². The van der Waals surface area contributed by atoms with Gasteiger partial charge in [0.25, 0.3) is 17.7 Å². The van der Waals surface area contributed by atoms with Gasteiger partial charge < -0.3 is 29.9 Å². The van der Waals surface area contributed by atoms with Crippen molar-refractivity contribution in [3.8, 4) is 0 Å². The Kier molecular flexibility index (Phi) is 7.55. The number of likely N-dealkylation sites (N-methyl/N-ethyl adjacent to an activating group) is 1. The quantitative estimate of drug-likeness (QED) is 0.147. The number of allylic oxidation sites excluding steroid dienone is 1. The van der Waals surface area contributed by atoms with E-state index in [4.69, 9.17) is 15.0 Å². The van der Waals surface area contributed by atoms with E-state index in [2.05, 4.69) is 30.0 Å². The van der Waals surface area contributed by atoms with E-state index in [0.717, 1.165) is 11.5 Å². The molecular formula is C20H24N9O6S2+. The Bertz CT molecular complexity index is 1290. The van der Waals surface area contributed by atoms with Gasteiger partial charge in [0.2, 0.25) is 17.9 Å². The highest BCUT2D eigenvalue weighted by Gasteiger charge is 2.54. The van der Waals surface area contributed by atoms with Crippen LogP contribution in [0.15, 0.2) is 39.4 Å². The van der Waals surface area contributed by atoms with Crippen LogP contribution in [0.1, 0.15) is 11.7 Å². The van der Waals surface area contributed by atoms with Crippen molar-refractivity contribution in [3.63, 3.8) is 0 Å². The minimum Gasteiger partial charge on any atom is -0.477 e. The standard InChI is InChI=1S/C20H23N9O6S2/c1-29(2,7-11-25-22-9-35-11)6-4-5-10-8-36-18-13(17(31)28(18)14(10)19(32)33)23-16(30)12(26-34-3)15-24-20(21)37-27-15/h4-5,9,13,18H,6-8H2,1-3H3,(H3-,21,23,24,27,30,32,33)/p+1/t13-,18+/m1/s1. The van der Waals surface area contributed by atoms with Gasteiger partial charge in [-0.25, -0.2) is 4.79 Å². The zero-order chi connectivity index (χ0) is 26.7. The van der Waals surface area contributed by atoms with Crippen LogP contribution in [0, 0.1) is 0 Å². The number of quaternary nitrogens is 1. The van der Waals surface area contributed by atoms with Gasteiger partial charge in [0.1, 0.15) is 24.2 Å². The normalized spacial score (nSPS) is 20.1. The summed E-state index contributed by atoms with van der Waals surface area (Å²) in [4.78, 5) is 47.7. The summed E-state index contributed by atoms with van der Waals surface area (Å²) < 4.78 is 9.64. The number of hydrogen-bond donors (Lipinski definition) is 3. The smallest absolute Gasteiger partial charge is 0.352 e. The second kappa shape index (κ2) is 10.7. The first-order valence-corrected chi connectivity index (χ1v) is 12.6. The topological polar surface area (TPSA) is 199 Å². The molecule has 2 aliphatic rings. The molecule has 0 saturated carbocycles. The maximum absolute atomic E-state index is 13.0. The van der Waals surface area contributed by atoms with E-state index in [1.807, 2.05) is 20.2 Å². The number of β-lactam (4-membered cyclic amide) rings is 1. The van der Waals surface area contributed by atoms with Gasteiger partial charge in [0.15, 0.2) is 11.7 Å². The highest BCUT2D eigenvalue weighted by molar-refractivity contribution is 8.00. The predicted octanol–water partition coefficient (Wildman–Crippen LogP) is -0.575. The van der Waals surface area contributed by atoms with Gasteiger partial charge in [-0.05, 0) is 11.6 Å². The second-order valence-electron chi connectivity index (χ2n) is 8.63. The molecule has 2 atom stereocenters. The van der Waals surface area contributed by atoms with E-state index in [-0.39, 0.29) is 22.4 Å². The fourth-order valence-corrected chi connectivity index (χ4v) is 5.52. The molecule has 1 fully saturated rings. The lowest BCUT2D eigenvalue weighted by atomic mass is 10.0. The number of hydrogen-bond acceptors (Lipinski definition) is 13. The van der Waals surface area contributed by atoms with Crippen LogP contribution < -0.4 is 11.1 Å². The Hall–Kier alpha value is -3.83. The molecule has 4 heterocycles. The van der Waals surface area contributed by atoms with E-state index >= 15 is 0 Å². The average Bonchev–Trinajstić information content (AvgIpc) is 3.51. The van der Waals surface area contributed by atoms with E-state index in [0.29, 0.717) is 34.8 Å². The Morgan fingerprint density at radius 2 is 2.24 bits per heavy atom. The zero-order valence-corrected chi connectivity index (χ0v) is 21.7. The maximum atomic E-state index is 13.0. The summed E-state index contributed by atoms with van der Waals surface area (Å²) in [6.07, 6.45) is 4.82. The summed E-state index contributed by atoms with van der Waals surface area (Å²) in [5, 5.41) is 23.2. The molecule has 0 aromatic carbocycles. The minimum absolute atomic E-state index is 0.0410. The molecule has 4 rings (SSSR count). The number of rotatable bonds is 10. The summed E-state index contributed by atoms with van der Waals surface area (Å²) in [6, 6.07) is -0.958. The number of carbonyl (C=O) groups excluding carboxylic acids is 2. The number of carboxylic acids is 1. The lowest BCUT2D eigenvalue weighted by molar-refractivity contribution is -0.899. The molecule has 0 spiro atoms. The number of anilines is 1. The van der Waals surface area contributed by atoms with Crippen molar-refractivity contribution in [1.29, 1.82) is 0 Å². The fourth-order valence-electron chi connectivity index (χ4n) is 3.76.